The van der Waals surface area contributed by atoms with Crippen molar-refractivity contribution in [2.24, 2.45) is 0 Å². The molecule has 3 aromatic rings. The fraction of sp³-hybridized carbons (Fsp3) is 0.312. The Labute approximate surface area is 118 Å². The third-order valence-corrected chi connectivity index (χ3v) is 3.61. The highest BCUT2D eigenvalue weighted by atomic mass is 16.3. The highest BCUT2D eigenvalue weighted by molar-refractivity contribution is 5.82. The van der Waals surface area contributed by atoms with Crippen molar-refractivity contribution in [3.8, 4) is 0 Å². The van der Waals surface area contributed by atoms with Gasteiger partial charge in [0.05, 0.1) is 17.9 Å². The Kier molecular flexibility index (Phi) is 3.22. The molecule has 1 unspecified atom stereocenters. The average Bonchev–Trinajstić information content (AvgIpc) is 3.04. The van der Waals surface area contributed by atoms with Crippen LogP contribution in [0, 0.1) is 6.92 Å². The summed E-state index contributed by atoms with van der Waals surface area (Å²) < 4.78 is 7.88. The van der Waals surface area contributed by atoms with Crippen LogP contribution in [0.1, 0.15) is 31.2 Å². The Hall–Kier alpha value is -2.23. The number of rotatable bonds is 4. The first-order valence-corrected chi connectivity index (χ1v) is 6.96. The zero-order valence-electron chi connectivity index (χ0n) is 12.1. The molecule has 1 atom stereocenters. The van der Waals surface area contributed by atoms with Crippen LogP contribution in [0.25, 0.3) is 11.0 Å². The van der Waals surface area contributed by atoms with Crippen LogP contribution >= 0.6 is 0 Å². The van der Waals surface area contributed by atoms with Gasteiger partial charge in [-0.3, -0.25) is 4.68 Å². The largest absolute Gasteiger partial charge is 0.459 e. The van der Waals surface area contributed by atoms with Gasteiger partial charge >= 0.3 is 0 Å². The molecule has 104 valence electrons. The number of aryl methyl sites for hydroxylation is 2. The summed E-state index contributed by atoms with van der Waals surface area (Å²) in [7, 11) is 0. The van der Waals surface area contributed by atoms with E-state index in [0.29, 0.717) is 0 Å². The first-order valence-electron chi connectivity index (χ1n) is 6.96. The maximum atomic E-state index is 5.98. The molecule has 1 N–H and O–H groups in total. The van der Waals surface area contributed by atoms with E-state index in [1.807, 2.05) is 35.3 Å². The maximum Gasteiger partial charge on any atom is 0.134 e. The number of furan rings is 1. The average molecular weight is 269 g/mol. The van der Waals surface area contributed by atoms with Crippen molar-refractivity contribution in [2.45, 2.75) is 33.4 Å². The van der Waals surface area contributed by atoms with E-state index >= 15 is 0 Å². The fourth-order valence-electron chi connectivity index (χ4n) is 2.53. The zero-order valence-corrected chi connectivity index (χ0v) is 12.1. The molecule has 2 aromatic heterocycles. The molecule has 20 heavy (non-hydrogen) atoms. The molecule has 0 spiro atoms. The van der Waals surface area contributed by atoms with Gasteiger partial charge in [0, 0.05) is 23.7 Å². The molecule has 4 heteroatoms. The van der Waals surface area contributed by atoms with Crippen LogP contribution in [-0.4, -0.2) is 9.78 Å². The van der Waals surface area contributed by atoms with Gasteiger partial charge in [0.15, 0.2) is 0 Å². The van der Waals surface area contributed by atoms with Crippen molar-refractivity contribution in [2.75, 3.05) is 5.32 Å². The van der Waals surface area contributed by atoms with E-state index < -0.39 is 0 Å². The third kappa shape index (κ3) is 2.18. The minimum atomic E-state index is 0.108. The monoisotopic (exact) mass is 269 g/mol. The SMILES string of the molecule is CCn1cc(NC(C)c2oc3ccccc3c2C)cn1. The van der Waals surface area contributed by atoms with Gasteiger partial charge in [0.1, 0.15) is 11.3 Å². The highest BCUT2D eigenvalue weighted by Crippen LogP contribution is 2.30. The first kappa shape index (κ1) is 12.8. The number of aromatic nitrogens is 2. The lowest BCUT2D eigenvalue weighted by molar-refractivity contribution is 0.522. The predicted octanol–water partition coefficient (Wildman–Crippen LogP) is 4.13. The van der Waals surface area contributed by atoms with Crippen LogP contribution in [0.5, 0.6) is 0 Å². The molecule has 0 aliphatic heterocycles. The summed E-state index contributed by atoms with van der Waals surface area (Å²) in [4.78, 5) is 0. The Morgan fingerprint density at radius 3 is 2.85 bits per heavy atom. The minimum absolute atomic E-state index is 0.108. The van der Waals surface area contributed by atoms with Gasteiger partial charge in [-0.25, -0.2) is 0 Å². The van der Waals surface area contributed by atoms with E-state index in [1.54, 1.807) is 0 Å². The van der Waals surface area contributed by atoms with Gasteiger partial charge in [-0.15, -0.1) is 0 Å². The van der Waals surface area contributed by atoms with Crippen molar-refractivity contribution < 1.29 is 4.42 Å². The van der Waals surface area contributed by atoms with Crippen LogP contribution in [0.3, 0.4) is 0 Å². The molecule has 0 amide bonds. The summed E-state index contributed by atoms with van der Waals surface area (Å²) in [6, 6.07) is 8.25. The summed E-state index contributed by atoms with van der Waals surface area (Å²) >= 11 is 0. The van der Waals surface area contributed by atoms with Crippen LogP contribution in [-0.2, 0) is 6.54 Å². The summed E-state index contributed by atoms with van der Waals surface area (Å²) in [6.45, 7) is 7.16. The molecular formula is C16H19N3O. The Balaban J connectivity index is 1.88. The molecule has 3 rings (SSSR count). The highest BCUT2D eigenvalue weighted by Gasteiger charge is 2.16. The Bertz CT molecular complexity index is 726. The second-order valence-corrected chi connectivity index (χ2v) is 5.04. The Morgan fingerprint density at radius 2 is 2.15 bits per heavy atom. The first-order chi connectivity index (χ1) is 9.69. The van der Waals surface area contributed by atoms with Crippen molar-refractivity contribution >= 4 is 16.7 Å². The Morgan fingerprint density at radius 1 is 1.35 bits per heavy atom. The lowest BCUT2D eigenvalue weighted by Crippen LogP contribution is -2.06. The second kappa shape index (κ2) is 5.04. The maximum absolute atomic E-state index is 5.98. The van der Waals surface area contributed by atoms with Gasteiger partial charge in [0.25, 0.3) is 0 Å². The molecule has 0 aliphatic carbocycles. The number of nitrogens with one attached hydrogen (secondary N) is 1. The lowest BCUT2D eigenvalue weighted by atomic mass is 10.1. The molecule has 0 saturated carbocycles. The summed E-state index contributed by atoms with van der Waals surface area (Å²) in [5, 5.41) is 8.89. The number of benzene rings is 1. The lowest BCUT2D eigenvalue weighted by Gasteiger charge is -2.11. The number of anilines is 1. The number of hydrogen-bond donors (Lipinski definition) is 1. The summed E-state index contributed by atoms with van der Waals surface area (Å²) in [5.41, 5.74) is 3.15. The minimum Gasteiger partial charge on any atom is -0.459 e. The molecule has 4 nitrogen and oxygen atoms in total. The predicted molar refractivity (Wildman–Crippen MR) is 80.9 cm³/mol. The molecule has 0 saturated heterocycles. The number of para-hydroxylation sites is 1. The molecular weight excluding hydrogens is 250 g/mol. The molecule has 0 aliphatic rings. The second-order valence-electron chi connectivity index (χ2n) is 5.04. The molecule has 0 radical (unpaired) electrons. The summed E-state index contributed by atoms with van der Waals surface area (Å²) in [6.07, 6.45) is 3.85. The van der Waals surface area contributed by atoms with E-state index in [-0.39, 0.29) is 6.04 Å². The van der Waals surface area contributed by atoms with E-state index in [4.69, 9.17) is 4.42 Å². The standard InChI is InChI=1S/C16H19N3O/c1-4-19-10-13(9-17-19)18-12(3)16-11(2)14-7-5-6-8-15(14)20-16/h5-10,12,18H,4H2,1-3H3. The summed E-state index contributed by atoms with van der Waals surface area (Å²) in [5.74, 6) is 0.982. The number of fused-ring (bicyclic) bond motifs is 1. The van der Waals surface area contributed by atoms with Crippen molar-refractivity contribution in [3.63, 3.8) is 0 Å². The normalized spacial score (nSPS) is 12.8. The third-order valence-electron chi connectivity index (χ3n) is 3.61. The van der Waals surface area contributed by atoms with Gasteiger partial charge in [-0.2, -0.15) is 5.10 Å². The fourth-order valence-corrected chi connectivity index (χ4v) is 2.53. The molecule has 2 heterocycles. The number of nitrogens with zero attached hydrogens (tertiary/aromatic N) is 2. The van der Waals surface area contributed by atoms with Gasteiger partial charge < -0.3 is 9.73 Å². The van der Waals surface area contributed by atoms with E-state index in [2.05, 4.69) is 37.3 Å². The van der Waals surface area contributed by atoms with E-state index in [0.717, 1.165) is 23.6 Å². The van der Waals surface area contributed by atoms with Crippen molar-refractivity contribution in [1.82, 2.24) is 9.78 Å². The van der Waals surface area contributed by atoms with E-state index in [9.17, 15) is 0 Å². The van der Waals surface area contributed by atoms with Crippen molar-refractivity contribution in [3.05, 3.63) is 48.0 Å². The molecule has 0 bridgehead atoms. The van der Waals surface area contributed by atoms with Gasteiger partial charge in [-0.1, -0.05) is 18.2 Å². The molecule has 1 aromatic carbocycles. The van der Waals surface area contributed by atoms with Crippen LogP contribution in [0.2, 0.25) is 0 Å². The van der Waals surface area contributed by atoms with Crippen LogP contribution < -0.4 is 5.32 Å². The smallest absolute Gasteiger partial charge is 0.134 e. The van der Waals surface area contributed by atoms with Gasteiger partial charge in [-0.05, 0) is 26.8 Å². The zero-order chi connectivity index (χ0) is 14.1. The van der Waals surface area contributed by atoms with Crippen LogP contribution in [0.15, 0.2) is 41.1 Å². The van der Waals surface area contributed by atoms with Crippen molar-refractivity contribution in [1.29, 1.82) is 0 Å². The quantitative estimate of drug-likeness (QED) is 0.774. The topological polar surface area (TPSA) is 43.0 Å². The number of hydrogen-bond acceptors (Lipinski definition) is 3. The molecule has 0 fully saturated rings. The van der Waals surface area contributed by atoms with Gasteiger partial charge in [0.2, 0.25) is 0 Å². The van der Waals surface area contributed by atoms with E-state index in [1.165, 1.54) is 10.9 Å². The van der Waals surface area contributed by atoms with Crippen LogP contribution in [0.4, 0.5) is 5.69 Å².